The molecule has 0 saturated heterocycles. The molecular weight excluding hydrogens is 388 g/mol. The molecule has 0 aliphatic rings. The van der Waals surface area contributed by atoms with Crippen LogP contribution in [-0.2, 0) is 6.42 Å². The molecule has 0 atom stereocenters. The summed E-state index contributed by atoms with van der Waals surface area (Å²) in [5.74, 6) is 0.466. The minimum atomic E-state index is -0.175. The van der Waals surface area contributed by atoms with Gasteiger partial charge in [-0.25, -0.2) is 4.98 Å². The highest BCUT2D eigenvalue weighted by Crippen LogP contribution is 2.31. The predicted octanol–water partition coefficient (Wildman–Crippen LogP) is 6.03. The molecule has 1 amide bonds. The van der Waals surface area contributed by atoms with Crippen LogP contribution in [0, 0.1) is 0 Å². The van der Waals surface area contributed by atoms with Gasteiger partial charge in [-0.1, -0.05) is 37.3 Å². The number of nitrogens with zero attached hydrogens (tertiary/aromatic N) is 1. The summed E-state index contributed by atoms with van der Waals surface area (Å²) < 4.78 is 5.94. The van der Waals surface area contributed by atoms with Gasteiger partial charge in [-0.2, -0.15) is 0 Å². The number of amides is 1. The number of hydrogen-bond donors (Lipinski definition) is 1. The monoisotopic (exact) mass is 410 g/mol. The number of nitrogens with one attached hydrogen (secondary N) is 1. The average molecular weight is 410 g/mol. The van der Waals surface area contributed by atoms with Crippen LogP contribution in [0.2, 0.25) is 0 Å². The molecule has 5 nitrogen and oxygen atoms in total. The van der Waals surface area contributed by atoms with Crippen LogP contribution in [0.25, 0.3) is 22.8 Å². The Morgan fingerprint density at radius 3 is 2.16 bits per heavy atom. The number of aryl methyl sites for hydroxylation is 1. The van der Waals surface area contributed by atoms with E-state index in [2.05, 4.69) is 17.2 Å². The summed E-state index contributed by atoms with van der Waals surface area (Å²) in [4.78, 5) is 29.0. The molecule has 154 valence electrons. The average Bonchev–Trinajstić information content (AvgIpc) is 3.26. The first-order chi connectivity index (χ1) is 15.0. The molecule has 0 radical (unpaired) electrons. The Morgan fingerprint density at radius 2 is 1.55 bits per heavy atom. The molecular formula is C26H22N2O3. The highest BCUT2D eigenvalue weighted by atomic mass is 16.4. The maximum atomic E-state index is 12.5. The zero-order chi connectivity index (χ0) is 21.8. The highest BCUT2D eigenvalue weighted by molar-refractivity contribution is 6.04. The smallest absolute Gasteiger partial charge is 0.255 e. The second-order valence-corrected chi connectivity index (χ2v) is 7.20. The normalized spacial score (nSPS) is 10.6. The molecule has 1 N–H and O–H groups in total. The van der Waals surface area contributed by atoms with Crippen molar-refractivity contribution >= 4 is 17.4 Å². The van der Waals surface area contributed by atoms with Crippen molar-refractivity contribution < 1.29 is 14.0 Å². The van der Waals surface area contributed by atoms with Crippen LogP contribution < -0.4 is 5.32 Å². The van der Waals surface area contributed by atoms with Crippen LogP contribution in [0.4, 0.5) is 5.69 Å². The van der Waals surface area contributed by atoms with E-state index in [1.54, 1.807) is 24.3 Å². The number of hydrogen-bond acceptors (Lipinski definition) is 4. The summed E-state index contributed by atoms with van der Waals surface area (Å²) in [6.45, 7) is 3.54. The maximum Gasteiger partial charge on any atom is 0.255 e. The molecule has 1 heterocycles. The van der Waals surface area contributed by atoms with Crippen LogP contribution in [0.15, 0.2) is 83.3 Å². The highest BCUT2D eigenvalue weighted by Gasteiger charge is 2.19. The third-order valence-electron chi connectivity index (χ3n) is 5.01. The van der Waals surface area contributed by atoms with E-state index >= 15 is 0 Å². The van der Waals surface area contributed by atoms with Crippen molar-refractivity contribution in [2.75, 3.05) is 5.32 Å². The van der Waals surface area contributed by atoms with E-state index in [0.717, 1.165) is 12.0 Å². The van der Waals surface area contributed by atoms with Crippen molar-refractivity contribution in [3.63, 3.8) is 0 Å². The van der Waals surface area contributed by atoms with Gasteiger partial charge in [0.2, 0.25) is 5.89 Å². The zero-order valence-corrected chi connectivity index (χ0v) is 17.4. The lowest BCUT2D eigenvalue weighted by atomic mass is 10.1. The van der Waals surface area contributed by atoms with Crippen molar-refractivity contribution in [3.05, 3.63) is 95.7 Å². The third-order valence-corrected chi connectivity index (χ3v) is 5.01. The third kappa shape index (κ3) is 4.46. The molecule has 31 heavy (non-hydrogen) atoms. The van der Waals surface area contributed by atoms with Crippen LogP contribution in [0.1, 0.15) is 40.3 Å². The van der Waals surface area contributed by atoms with E-state index in [9.17, 15) is 9.59 Å². The van der Waals surface area contributed by atoms with Gasteiger partial charge in [-0.15, -0.1) is 0 Å². The largest absolute Gasteiger partial charge is 0.435 e. The fourth-order valence-corrected chi connectivity index (χ4v) is 3.26. The Balaban J connectivity index is 1.57. The molecule has 0 aliphatic carbocycles. The Morgan fingerprint density at radius 1 is 0.871 bits per heavy atom. The second kappa shape index (κ2) is 8.79. The molecule has 4 aromatic rings. The quantitative estimate of drug-likeness (QED) is 0.394. The van der Waals surface area contributed by atoms with Gasteiger partial charge in [-0.05, 0) is 60.5 Å². The number of rotatable bonds is 6. The van der Waals surface area contributed by atoms with E-state index in [1.165, 1.54) is 12.5 Å². The first-order valence-corrected chi connectivity index (χ1v) is 10.1. The van der Waals surface area contributed by atoms with Gasteiger partial charge in [0.15, 0.2) is 17.2 Å². The van der Waals surface area contributed by atoms with Crippen molar-refractivity contribution in [1.29, 1.82) is 0 Å². The van der Waals surface area contributed by atoms with Gasteiger partial charge in [0.1, 0.15) is 0 Å². The minimum Gasteiger partial charge on any atom is -0.435 e. The topological polar surface area (TPSA) is 72.2 Å². The molecule has 0 fully saturated rings. The van der Waals surface area contributed by atoms with Crippen molar-refractivity contribution in [2.24, 2.45) is 0 Å². The van der Waals surface area contributed by atoms with E-state index in [4.69, 9.17) is 4.42 Å². The number of anilines is 1. The van der Waals surface area contributed by atoms with Gasteiger partial charge in [-0.3, -0.25) is 9.59 Å². The summed E-state index contributed by atoms with van der Waals surface area (Å²) in [6, 6.07) is 24.2. The van der Waals surface area contributed by atoms with Crippen LogP contribution in [-0.4, -0.2) is 16.7 Å². The van der Waals surface area contributed by atoms with Crippen LogP contribution in [0.5, 0.6) is 0 Å². The zero-order valence-electron chi connectivity index (χ0n) is 17.4. The predicted molar refractivity (Wildman–Crippen MR) is 121 cm³/mol. The van der Waals surface area contributed by atoms with Gasteiger partial charge >= 0.3 is 0 Å². The summed E-state index contributed by atoms with van der Waals surface area (Å²) in [5.41, 5.74) is 4.23. The maximum absolute atomic E-state index is 12.5. The van der Waals surface area contributed by atoms with Gasteiger partial charge in [0.25, 0.3) is 5.91 Å². The summed E-state index contributed by atoms with van der Waals surface area (Å²) in [5, 5.41) is 2.89. The number of oxazole rings is 1. The number of Topliss-reactive ketones (excluding diaryl/α,β-unsaturated/α-hetero) is 1. The Hall–Kier alpha value is -3.99. The van der Waals surface area contributed by atoms with Crippen molar-refractivity contribution in [1.82, 2.24) is 4.98 Å². The molecule has 0 unspecified atom stereocenters. The Labute approximate surface area is 180 Å². The molecule has 0 spiro atoms. The SMILES string of the molecule is CCc1ccc(C(=O)Nc2ccc(-c3oc(-c4ccccc4)nc3C(C)=O)cc2)cc1. The van der Waals surface area contributed by atoms with E-state index < -0.39 is 0 Å². The summed E-state index contributed by atoms with van der Waals surface area (Å²) in [6.07, 6.45) is 0.930. The summed E-state index contributed by atoms with van der Waals surface area (Å²) in [7, 11) is 0. The number of carbonyl (C=O) groups excluding carboxylic acids is 2. The molecule has 1 aromatic heterocycles. The lowest BCUT2D eigenvalue weighted by molar-refractivity contribution is 0.101. The van der Waals surface area contributed by atoms with Crippen molar-refractivity contribution in [3.8, 4) is 22.8 Å². The van der Waals surface area contributed by atoms with Crippen LogP contribution in [0.3, 0.4) is 0 Å². The second-order valence-electron chi connectivity index (χ2n) is 7.20. The fourth-order valence-electron chi connectivity index (χ4n) is 3.26. The molecule has 0 bridgehead atoms. The lowest BCUT2D eigenvalue weighted by Crippen LogP contribution is -2.11. The first kappa shape index (κ1) is 20.3. The number of carbonyl (C=O) groups is 2. The Kier molecular flexibility index (Phi) is 5.76. The fraction of sp³-hybridized carbons (Fsp3) is 0.115. The number of aromatic nitrogens is 1. The van der Waals surface area contributed by atoms with E-state index in [1.807, 2.05) is 54.6 Å². The molecule has 0 aliphatic heterocycles. The minimum absolute atomic E-state index is 0.172. The summed E-state index contributed by atoms with van der Waals surface area (Å²) >= 11 is 0. The standard InChI is InChI=1S/C26H22N2O3/c1-3-18-9-11-20(12-10-18)25(30)27-22-15-13-19(14-16-22)24-23(17(2)29)28-26(31-24)21-7-5-4-6-8-21/h4-16H,3H2,1-2H3,(H,27,30). The van der Waals surface area contributed by atoms with Gasteiger partial charge < -0.3 is 9.73 Å². The first-order valence-electron chi connectivity index (χ1n) is 10.1. The lowest BCUT2D eigenvalue weighted by Gasteiger charge is -2.07. The van der Waals surface area contributed by atoms with Crippen LogP contribution >= 0.6 is 0 Å². The van der Waals surface area contributed by atoms with Crippen molar-refractivity contribution in [2.45, 2.75) is 20.3 Å². The number of benzene rings is 3. The molecule has 5 heteroatoms. The van der Waals surface area contributed by atoms with Gasteiger partial charge in [0.05, 0.1) is 0 Å². The number of ketones is 1. The molecule has 4 rings (SSSR count). The van der Waals surface area contributed by atoms with E-state index in [-0.39, 0.29) is 17.4 Å². The Bertz CT molecular complexity index is 1210. The van der Waals surface area contributed by atoms with E-state index in [0.29, 0.717) is 28.5 Å². The molecule has 0 saturated carbocycles. The van der Waals surface area contributed by atoms with Gasteiger partial charge in [0, 0.05) is 29.3 Å². The molecule has 3 aromatic carbocycles.